The van der Waals surface area contributed by atoms with Crippen LogP contribution in [0.4, 0.5) is 0 Å². The molecule has 1 aromatic rings. The predicted molar refractivity (Wildman–Crippen MR) is 71.5 cm³/mol. The van der Waals surface area contributed by atoms with Crippen LogP contribution in [0.1, 0.15) is 37.9 Å². The molecule has 1 N–H and O–H groups in total. The lowest BCUT2D eigenvalue weighted by Crippen LogP contribution is -2.21. The van der Waals surface area contributed by atoms with Crippen LogP contribution in [0.3, 0.4) is 0 Å². The van der Waals surface area contributed by atoms with E-state index in [2.05, 4.69) is 25.2 Å². The fourth-order valence-electron chi connectivity index (χ4n) is 1.64. The molecular formula is C14H25NO3. The number of nitrogens with one attached hydrogen (secondary N) is 1. The highest BCUT2D eigenvalue weighted by atomic mass is 16.5. The lowest BCUT2D eigenvalue weighted by Gasteiger charge is -2.10. The SMILES string of the molecule is COCC(C)OCc1cc(CNC(C)C)oc1C. The number of hydrogen-bond donors (Lipinski definition) is 1. The van der Waals surface area contributed by atoms with Crippen molar-refractivity contribution >= 4 is 0 Å². The molecule has 4 heteroatoms. The van der Waals surface area contributed by atoms with Gasteiger partial charge in [0.05, 0.1) is 25.9 Å². The highest BCUT2D eigenvalue weighted by Gasteiger charge is 2.09. The summed E-state index contributed by atoms with van der Waals surface area (Å²) in [7, 11) is 1.68. The Balaban J connectivity index is 2.46. The van der Waals surface area contributed by atoms with E-state index in [-0.39, 0.29) is 6.10 Å². The van der Waals surface area contributed by atoms with E-state index in [1.54, 1.807) is 7.11 Å². The summed E-state index contributed by atoms with van der Waals surface area (Å²) in [4.78, 5) is 0. The third-order valence-corrected chi connectivity index (χ3v) is 2.68. The molecule has 0 aliphatic rings. The molecule has 18 heavy (non-hydrogen) atoms. The van der Waals surface area contributed by atoms with Crippen LogP contribution >= 0.6 is 0 Å². The summed E-state index contributed by atoms with van der Waals surface area (Å²) in [6.07, 6.45) is 0.0986. The number of ether oxygens (including phenoxy) is 2. The van der Waals surface area contributed by atoms with Crippen LogP contribution in [0.15, 0.2) is 10.5 Å². The Morgan fingerprint density at radius 2 is 2.06 bits per heavy atom. The van der Waals surface area contributed by atoms with Crippen molar-refractivity contribution in [2.45, 2.75) is 53.0 Å². The molecule has 104 valence electrons. The minimum atomic E-state index is 0.0986. The number of methoxy groups -OCH3 is 1. The average Bonchev–Trinajstić information content (AvgIpc) is 2.65. The molecule has 1 heterocycles. The van der Waals surface area contributed by atoms with Gasteiger partial charge in [-0.3, -0.25) is 0 Å². The van der Waals surface area contributed by atoms with Crippen LogP contribution in [0.2, 0.25) is 0 Å². The summed E-state index contributed by atoms with van der Waals surface area (Å²) < 4.78 is 16.4. The minimum absolute atomic E-state index is 0.0986. The molecule has 0 aliphatic carbocycles. The van der Waals surface area contributed by atoms with Crippen molar-refractivity contribution < 1.29 is 13.9 Å². The first-order chi connectivity index (χ1) is 8.52. The van der Waals surface area contributed by atoms with Crippen LogP contribution in [0.25, 0.3) is 0 Å². The molecule has 1 aromatic heterocycles. The first-order valence-corrected chi connectivity index (χ1v) is 6.45. The van der Waals surface area contributed by atoms with Gasteiger partial charge in [0.2, 0.25) is 0 Å². The first-order valence-electron chi connectivity index (χ1n) is 6.45. The third-order valence-electron chi connectivity index (χ3n) is 2.68. The van der Waals surface area contributed by atoms with Gasteiger partial charge in [0.15, 0.2) is 0 Å². The number of furan rings is 1. The summed E-state index contributed by atoms with van der Waals surface area (Å²) >= 11 is 0. The molecule has 1 atom stereocenters. The molecule has 0 saturated carbocycles. The monoisotopic (exact) mass is 255 g/mol. The van der Waals surface area contributed by atoms with Crippen molar-refractivity contribution in [2.75, 3.05) is 13.7 Å². The van der Waals surface area contributed by atoms with Gasteiger partial charge in [-0.05, 0) is 19.9 Å². The van der Waals surface area contributed by atoms with Crippen molar-refractivity contribution in [1.82, 2.24) is 5.32 Å². The normalized spacial score (nSPS) is 13.2. The van der Waals surface area contributed by atoms with E-state index in [0.717, 1.165) is 23.6 Å². The number of rotatable bonds is 8. The Labute approximate surface area is 110 Å². The summed E-state index contributed by atoms with van der Waals surface area (Å²) in [6.45, 7) is 10.1. The van der Waals surface area contributed by atoms with Crippen LogP contribution in [-0.2, 0) is 22.6 Å². The number of hydrogen-bond acceptors (Lipinski definition) is 4. The molecular weight excluding hydrogens is 230 g/mol. The van der Waals surface area contributed by atoms with Gasteiger partial charge in [-0.25, -0.2) is 0 Å². The third kappa shape index (κ3) is 5.21. The van der Waals surface area contributed by atoms with E-state index >= 15 is 0 Å². The molecule has 0 fully saturated rings. The zero-order chi connectivity index (χ0) is 13.5. The second-order valence-electron chi connectivity index (χ2n) is 4.91. The molecule has 4 nitrogen and oxygen atoms in total. The van der Waals surface area contributed by atoms with E-state index in [0.29, 0.717) is 19.3 Å². The maximum atomic E-state index is 5.68. The quantitative estimate of drug-likeness (QED) is 0.775. The molecule has 1 unspecified atom stereocenters. The van der Waals surface area contributed by atoms with Gasteiger partial charge in [-0.2, -0.15) is 0 Å². The van der Waals surface area contributed by atoms with E-state index in [4.69, 9.17) is 13.9 Å². The largest absolute Gasteiger partial charge is 0.465 e. The lowest BCUT2D eigenvalue weighted by atomic mass is 10.2. The van der Waals surface area contributed by atoms with Crippen LogP contribution in [0, 0.1) is 6.92 Å². The average molecular weight is 255 g/mol. The highest BCUT2D eigenvalue weighted by molar-refractivity contribution is 5.20. The van der Waals surface area contributed by atoms with Crippen LogP contribution < -0.4 is 5.32 Å². The second kappa shape index (κ2) is 7.56. The highest BCUT2D eigenvalue weighted by Crippen LogP contribution is 2.16. The molecule has 0 spiro atoms. The van der Waals surface area contributed by atoms with E-state index in [1.807, 2.05) is 13.8 Å². The Hall–Kier alpha value is -0.840. The molecule has 0 saturated heterocycles. The second-order valence-corrected chi connectivity index (χ2v) is 4.91. The molecule has 0 aliphatic heterocycles. The predicted octanol–water partition coefficient (Wildman–Crippen LogP) is 2.64. The smallest absolute Gasteiger partial charge is 0.118 e. The summed E-state index contributed by atoms with van der Waals surface area (Å²) in [5.74, 6) is 1.89. The van der Waals surface area contributed by atoms with Crippen molar-refractivity contribution in [2.24, 2.45) is 0 Å². The van der Waals surface area contributed by atoms with Gasteiger partial charge >= 0.3 is 0 Å². The number of aryl methyl sites for hydroxylation is 1. The van der Waals surface area contributed by atoms with Gasteiger partial charge in [-0.15, -0.1) is 0 Å². The fraction of sp³-hybridized carbons (Fsp3) is 0.714. The molecule has 0 amide bonds. The lowest BCUT2D eigenvalue weighted by molar-refractivity contribution is -0.000504. The zero-order valence-corrected chi connectivity index (χ0v) is 12.1. The van der Waals surface area contributed by atoms with Gasteiger partial charge in [0, 0.05) is 18.7 Å². The molecule has 1 rings (SSSR count). The maximum absolute atomic E-state index is 5.68. The minimum Gasteiger partial charge on any atom is -0.465 e. The topological polar surface area (TPSA) is 43.6 Å². The van der Waals surface area contributed by atoms with Crippen molar-refractivity contribution in [3.63, 3.8) is 0 Å². The summed E-state index contributed by atoms with van der Waals surface area (Å²) in [5.41, 5.74) is 1.11. The van der Waals surface area contributed by atoms with Crippen molar-refractivity contribution in [3.8, 4) is 0 Å². The standard InChI is InChI=1S/C14H25NO3/c1-10(2)15-7-14-6-13(12(4)18-14)9-17-11(3)8-16-5/h6,10-11,15H,7-9H2,1-5H3. The van der Waals surface area contributed by atoms with E-state index in [1.165, 1.54) is 0 Å². The van der Waals surface area contributed by atoms with Gasteiger partial charge < -0.3 is 19.2 Å². The Morgan fingerprint density at radius 3 is 2.67 bits per heavy atom. The Morgan fingerprint density at radius 1 is 1.33 bits per heavy atom. The first kappa shape index (κ1) is 15.2. The van der Waals surface area contributed by atoms with Crippen molar-refractivity contribution in [1.29, 1.82) is 0 Å². The molecule has 0 bridgehead atoms. The molecule has 0 radical (unpaired) electrons. The molecule has 0 aromatic carbocycles. The van der Waals surface area contributed by atoms with Crippen LogP contribution in [-0.4, -0.2) is 25.9 Å². The van der Waals surface area contributed by atoms with Gasteiger partial charge in [0.1, 0.15) is 11.5 Å². The van der Waals surface area contributed by atoms with Crippen molar-refractivity contribution in [3.05, 3.63) is 23.2 Å². The zero-order valence-electron chi connectivity index (χ0n) is 12.1. The summed E-state index contributed by atoms with van der Waals surface area (Å²) in [6, 6.07) is 2.52. The summed E-state index contributed by atoms with van der Waals surface area (Å²) in [5, 5.41) is 3.33. The Kier molecular flexibility index (Phi) is 6.39. The van der Waals surface area contributed by atoms with E-state index < -0.39 is 0 Å². The van der Waals surface area contributed by atoms with Gasteiger partial charge in [0.25, 0.3) is 0 Å². The fourth-order valence-corrected chi connectivity index (χ4v) is 1.64. The Bertz CT molecular complexity index is 347. The van der Waals surface area contributed by atoms with E-state index in [9.17, 15) is 0 Å². The van der Waals surface area contributed by atoms with Crippen LogP contribution in [0.5, 0.6) is 0 Å². The maximum Gasteiger partial charge on any atom is 0.118 e. The van der Waals surface area contributed by atoms with Gasteiger partial charge in [-0.1, -0.05) is 13.8 Å².